The number of carbonyl (C=O) groups is 1. The van der Waals surface area contributed by atoms with E-state index in [1.54, 1.807) is 33.8 Å². The summed E-state index contributed by atoms with van der Waals surface area (Å²) in [6.45, 7) is 7.07. The van der Waals surface area contributed by atoms with Crippen LogP contribution in [0.3, 0.4) is 0 Å². The summed E-state index contributed by atoms with van der Waals surface area (Å²) < 4.78 is 42.8. The normalized spacial score (nSPS) is 37.0. The van der Waals surface area contributed by atoms with Crippen LogP contribution in [0.4, 0.5) is 10.1 Å². The van der Waals surface area contributed by atoms with Crippen LogP contribution in [0.1, 0.15) is 27.7 Å². The summed E-state index contributed by atoms with van der Waals surface area (Å²) in [5.41, 5.74) is 0.333. The number of anilines is 1. The summed E-state index contributed by atoms with van der Waals surface area (Å²) in [5.74, 6) is -2.65. The van der Waals surface area contributed by atoms with Crippen LogP contribution < -0.4 is 5.32 Å². The molecule has 3 heterocycles. The van der Waals surface area contributed by atoms with E-state index in [-0.39, 0.29) is 0 Å². The zero-order valence-corrected chi connectivity index (χ0v) is 15.0. The standard InChI is InChI=1S/C18H22FNO6/c1-17(2)23-11-12(24-17)14-16(26-18(3,4)25-14)22-13(11)15(21)20-10-7-5-6-9(19)8-10/h5-8,11-14,16H,1-4H3,(H,20,21)/t11-,12+,13+,14-,16-/m1/s1. The molecule has 8 heteroatoms. The highest BCUT2D eigenvalue weighted by Gasteiger charge is 2.62. The van der Waals surface area contributed by atoms with Crippen molar-refractivity contribution in [1.82, 2.24) is 0 Å². The zero-order chi connectivity index (χ0) is 18.7. The van der Waals surface area contributed by atoms with Crippen molar-refractivity contribution >= 4 is 11.6 Å². The van der Waals surface area contributed by atoms with Crippen molar-refractivity contribution in [3.63, 3.8) is 0 Å². The molecular weight excluding hydrogens is 345 g/mol. The van der Waals surface area contributed by atoms with Gasteiger partial charge in [-0.3, -0.25) is 4.79 Å². The van der Waals surface area contributed by atoms with Gasteiger partial charge in [0.2, 0.25) is 0 Å². The number of amides is 1. The number of benzene rings is 1. The van der Waals surface area contributed by atoms with E-state index in [9.17, 15) is 9.18 Å². The molecule has 4 rings (SSSR count). The Labute approximate surface area is 150 Å². The van der Waals surface area contributed by atoms with Gasteiger partial charge >= 0.3 is 0 Å². The summed E-state index contributed by atoms with van der Waals surface area (Å²) in [6.07, 6.45) is -3.43. The van der Waals surface area contributed by atoms with Gasteiger partial charge in [0.15, 0.2) is 24.0 Å². The summed E-state index contributed by atoms with van der Waals surface area (Å²) >= 11 is 0. The van der Waals surface area contributed by atoms with Crippen LogP contribution >= 0.6 is 0 Å². The van der Waals surface area contributed by atoms with E-state index in [1.807, 2.05) is 0 Å². The Morgan fingerprint density at radius 3 is 2.38 bits per heavy atom. The van der Waals surface area contributed by atoms with Gasteiger partial charge in [0, 0.05) is 5.69 Å². The number of rotatable bonds is 2. The number of hydrogen-bond donors (Lipinski definition) is 1. The Balaban J connectivity index is 1.58. The Bertz CT molecular complexity index is 723. The molecular formula is C18H22FNO6. The van der Waals surface area contributed by atoms with Gasteiger partial charge in [-0.15, -0.1) is 0 Å². The van der Waals surface area contributed by atoms with Crippen molar-refractivity contribution in [2.45, 2.75) is 70.0 Å². The van der Waals surface area contributed by atoms with Gasteiger partial charge < -0.3 is 29.0 Å². The molecule has 1 N–H and O–H groups in total. The molecule has 3 fully saturated rings. The third kappa shape index (κ3) is 3.23. The smallest absolute Gasteiger partial charge is 0.256 e. The monoisotopic (exact) mass is 367 g/mol. The fraction of sp³-hybridized carbons (Fsp3) is 0.611. The predicted molar refractivity (Wildman–Crippen MR) is 87.6 cm³/mol. The number of halogens is 1. The van der Waals surface area contributed by atoms with E-state index in [2.05, 4.69) is 5.32 Å². The van der Waals surface area contributed by atoms with Crippen LogP contribution in [0.25, 0.3) is 0 Å². The van der Waals surface area contributed by atoms with E-state index in [1.165, 1.54) is 18.2 Å². The highest BCUT2D eigenvalue weighted by molar-refractivity contribution is 5.94. The molecule has 0 spiro atoms. The van der Waals surface area contributed by atoms with E-state index >= 15 is 0 Å². The Kier molecular flexibility index (Phi) is 4.09. The van der Waals surface area contributed by atoms with E-state index in [0.29, 0.717) is 5.69 Å². The Morgan fingerprint density at radius 1 is 1.00 bits per heavy atom. The van der Waals surface area contributed by atoms with Crippen molar-refractivity contribution in [3.8, 4) is 0 Å². The fourth-order valence-electron chi connectivity index (χ4n) is 3.60. The van der Waals surface area contributed by atoms with Gasteiger partial charge in [0.1, 0.15) is 24.1 Å². The van der Waals surface area contributed by atoms with Gasteiger partial charge in [-0.2, -0.15) is 0 Å². The molecule has 0 bridgehead atoms. The molecule has 0 radical (unpaired) electrons. The lowest BCUT2D eigenvalue weighted by Gasteiger charge is -2.36. The second-order valence-electron chi connectivity index (χ2n) is 7.59. The Morgan fingerprint density at radius 2 is 1.65 bits per heavy atom. The first kappa shape index (κ1) is 17.8. The number of hydrogen-bond acceptors (Lipinski definition) is 6. The van der Waals surface area contributed by atoms with Gasteiger partial charge in [0.05, 0.1) is 0 Å². The van der Waals surface area contributed by atoms with Crippen molar-refractivity contribution in [2.24, 2.45) is 0 Å². The molecule has 1 aromatic rings. The molecule has 3 saturated heterocycles. The fourth-order valence-corrected chi connectivity index (χ4v) is 3.60. The van der Waals surface area contributed by atoms with Gasteiger partial charge in [-0.05, 0) is 45.9 Å². The maximum absolute atomic E-state index is 13.4. The maximum atomic E-state index is 13.4. The Hall–Kier alpha value is -1.58. The predicted octanol–water partition coefficient (Wildman–Crippen LogP) is 2.16. The SMILES string of the molecule is CC1(C)O[C@H]2[C@@H](O1)[C@@H](C(=O)Nc1cccc(F)c1)O[C@@H]1OC(C)(C)O[C@@H]12. The van der Waals surface area contributed by atoms with Crippen LogP contribution in [-0.2, 0) is 28.5 Å². The molecule has 1 aromatic carbocycles. The third-order valence-electron chi connectivity index (χ3n) is 4.51. The molecule has 1 amide bonds. The first-order chi connectivity index (χ1) is 12.1. The van der Waals surface area contributed by atoms with Crippen molar-refractivity contribution in [1.29, 1.82) is 0 Å². The second-order valence-corrected chi connectivity index (χ2v) is 7.59. The largest absolute Gasteiger partial charge is 0.342 e. The molecule has 5 atom stereocenters. The average Bonchev–Trinajstić information content (AvgIpc) is 3.00. The number of carbonyl (C=O) groups excluding carboxylic acids is 1. The minimum absolute atomic E-state index is 0.333. The van der Waals surface area contributed by atoms with Crippen molar-refractivity contribution in [3.05, 3.63) is 30.1 Å². The molecule has 3 aliphatic heterocycles. The highest BCUT2D eigenvalue weighted by atomic mass is 19.1. The van der Waals surface area contributed by atoms with E-state index < -0.39 is 54.0 Å². The summed E-state index contributed by atoms with van der Waals surface area (Å²) in [6, 6.07) is 5.64. The molecule has 142 valence electrons. The van der Waals surface area contributed by atoms with E-state index in [0.717, 1.165) is 0 Å². The summed E-state index contributed by atoms with van der Waals surface area (Å²) in [4.78, 5) is 12.8. The molecule has 3 aliphatic rings. The lowest BCUT2D eigenvalue weighted by molar-refractivity contribution is -0.229. The number of nitrogens with one attached hydrogen (secondary N) is 1. The molecule has 7 nitrogen and oxygen atoms in total. The zero-order valence-electron chi connectivity index (χ0n) is 15.0. The van der Waals surface area contributed by atoms with Gasteiger partial charge in [-0.25, -0.2) is 4.39 Å². The minimum Gasteiger partial charge on any atom is -0.342 e. The second kappa shape index (κ2) is 5.97. The first-order valence-electron chi connectivity index (χ1n) is 8.57. The minimum atomic E-state index is -0.983. The van der Waals surface area contributed by atoms with Crippen LogP contribution in [0, 0.1) is 5.82 Å². The maximum Gasteiger partial charge on any atom is 0.256 e. The van der Waals surface area contributed by atoms with Crippen LogP contribution in [0.5, 0.6) is 0 Å². The molecule has 0 aromatic heterocycles. The molecule has 0 saturated carbocycles. The van der Waals surface area contributed by atoms with Gasteiger partial charge in [-0.1, -0.05) is 6.07 Å². The summed E-state index contributed by atoms with van der Waals surface area (Å²) in [7, 11) is 0. The molecule has 26 heavy (non-hydrogen) atoms. The lowest BCUT2D eigenvalue weighted by atomic mass is 9.98. The van der Waals surface area contributed by atoms with Gasteiger partial charge in [0.25, 0.3) is 5.91 Å². The quantitative estimate of drug-likeness (QED) is 0.863. The summed E-state index contributed by atoms with van der Waals surface area (Å²) in [5, 5.41) is 2.66. The highest BCUT2D eigenvalue weighted by Crippen LogP contribution is 2.44. The number of fused-ring (bicyclic) bond motifs is 3. The lowest BCUT2D eigenvalue weighted by Crippen LogP contribution is -2.58. The van der Waals surface area contributed by atoms with Crippen LogP contribution in [0.2, 0.25) is 0 Å². The molecule has 0 unspecified atom stereocenters. The molecule has 0 aliphatic carbocycles. The van der Waals surface area contributed by atoms with Crippen LogP contribution in [-0.4, -0.2) is 48.2 Å². The topological polar surface area (TPSA) is 75.3 Å². The van der Waals surface area contributed by atoms with E-state index in [4.69, 9.17) is 23.7 Å². The van der Waals surface area contributed by atoms with Crippen molar-refractivity contribution < 1.29 is 32.9 Å². The number of ether oxygens (including phenoxy) is 5. The third-order valence-corrected chi connectivity index (χ3v) is 4.51. The average molecular weight is 367 g/mol. The first-order valence-corrected chi connectivity index (χ1v) is 8.57. The van der Waals surface area contributed by atoms with Crippen LogP contribution in [0.15, 0.2) is 24.3 Å². The van der Waals surface area contributed by atoms with Crippen molar-refractivity contribution in [2.75, 3.05) is 5.32 Å².